The van der Waals surface area contributed by atoms with Crippen molar-refractivity contribution in [3.63, 3.8) is 0 Å². The van der Waals surface area contributed by atoms with Crippen LogP contribution in [0.15, 0.2) is 91.3 Å². The van der Waals surface area contributed by atoms with Gasteiger partial charge >= 0.3 is 6.18 Å². The van der Waals surface area contributed by atoms with Crippen LogP contribution in [0.4, 0.5) is 23.2 Å². The number of anilines is 1. The second-order valence-corrected chi connectivity index (χ2v) is 9.36. The van der Waals surface area contributed by atoms with E-state index in [9.17, 15) is 22.4 Å². The number of alkyl halides is 3. The van der Waals surface area contributed by atoms with Gasteiger partial charge in [0.15, 0.2) is 5.11 Å². The van der Waals surface area contributed by atoms with Gasteiger partial charge in [0.2, 0.25) is 5.91 Å². The fourth-order valence-corrected chi connectivity index (χ4v) is 4.98. The predicted molar refractivity (Wildman–Crippen MR) is 143 cm³/mol. The number of hydrogen-bond donors (Lipinski definition) is 2. The molecule has 1 aliphatic rings. The second-order valence-electron chi connectivity index (χ2n) is 8.98. The highest BCUT2D eigenvalue weighted by Crippen LogP contribution is 2.40. The Labute approximate surface area is 227 Å². The molecular weight excluding hydrogens is 530 g/mol. The van der Waals surface area contributed by atoms with E-state index < -0.39 is 29.6 Å². The summed E-state index contributed by atoms with van der Waals surface area (Å²) in [5, 5.41) is 6.41. The van der Waals surface area contributed by atoms with Gasteiger partial charge in [-0.1, -0.05) is 12.1 Å². The highest BCUT2D eigenvalue weighted by molar-refractivity contribution is 7.80. The summed E-state index contributed by atoms with van der Waals surface area (Å²) in [6.45, 7) is 0.223. The van der Waals surface area contributed by atoms with Gasteiger partial charge in [0.25, 0.3) is 0 Å². The fraction of sp³-hybridized carbons (Fsp3) is 0.179. The number of nitrogens with one attached hydrogen (secondary N) is 2. The number of pyridine rings is 1. The maximum absolute atomic E-state index is 13.5. The van der Waals surface area contributed by atoms with E-state index in [2.05, 4.69) is 15.6 Å². The topological polar surface area (TPSA) is 62.2 Å². The van der Waals surface area contributed by atoms with E-state index in [1.807, 2.05) is 23.1 Å². The van der Waals surface area contributed by atoms with E-state index in [-0.39, 0.29) is 18.9 Å². The third-order valence-electron chi connectivity index (χ3n) is 6.44. The third-order valence-corrected chi connectivity index (χ3v) is 6.79. The van der Waals surface area contributed by atoms with Crippen LogP contribution in [0.25, 0.3) is 5.69 Å². The van der Waals surface area contributed by atoms with Crippen LogP contribution in [-0.4, -0.2) is 32.0 Å². The van der Waals surface area contributed by atoms with Crippen molar-refractivity contribution >= 4 is 28.9 Å². The zero-order valence-corrected chi connectivity index (χ0v) is 21.2. The number of amides is 1. The van der Waals surface area contributed by atoms with Gasteiger partial charge in [-0.2, -0.15) is 13.2 Å². The average Bonchev–Trinajstić information content (AvgIpc) is 3.53. The zero-order chi connectivity index (χ0) is 27.6. The number of nitrogens with zero attached hydrogens (tertiary/aromatic N) is 3. The van der Waals surface area contributed by atoms with Crippen molar-refractivity contribution in [2.45, 2.75) is 24.7 Å². The van der Waals surface area contributed by atoms with E-state index in [1.165, 1.54) is 30.3 Å². The first-order chi connectivity index (χ1) is 18.7. The molecule has 0 bridgehead atoms. The Morgan fingerprint density at radius 1 is 1.03 bits per heavy atom. The fourth-order valence-electron chi connectivity index (χ4n) is 4.65. The van der Waals surface area contributed by atoms with Crippen molar-refractivity contribution < 1.29 is 22.4 Å². The van der Waals surface area contributed by atoms with E-state index >= 15 is 0 Å². The summed E-state index contributed by atoms with van der Waals surface area (Å²) in [4.78, 5) is 19.0. The van der Waals surface area contributed by atoms with Gasteiger partial charge in [0.05, 0.1) is 23.3 Å². The van der Waals surface area contributed by atoms with Crippen molar-refractivity contribution in [1.82, 2.24) is 19.8 Å². The van der Waals surface area contributed by atoms with Gasteiger partial charge in [-0.3, -0.25) is 9.78 Å². The van der Waals surface area contributed by atoms with E-state index in [4.69, 9.17) is 12.2 Å². The molecule has 200 valence electrons. The Morgan fingerprint density at radius 2 is 1.82 bits per heavy atom. The Bertz CT molecular complexity index is 1470. The first kappa shape index (κ1) is 26.4. The summed E-state index contributed by atoms with van der Waals surface area (Å²) in [6.07, 6.45) is -1.07. The summed E-state index contributed by atoms with van der Waals surface area (Å²) in [5.41, 5.74) is 1.42. The van der Waals surface area contributed by atoms with Crippen LogP contribution < -0.4 is 10.6 Å². The monoisotopic (exact) mass is 553 g/mol. The van der Waals surface area contributed by atoms with Crippen LogP contribution in [0, 0.1) is 5.82 Å². The van der Waals surface area contributed by atoms with Gasteiger partial charge in [-0.25, -0.2) is 4.39 Å². The number of carbonyl (C=O) groups excluding carboxylic acids is 1. The molecule has 2 aromatic carbocycles. The molecule has 0 spiro atoms. The first-order valence-electron chi connectivity index (χ1n) is 12.1. The van der Waals surface area contributed by atoms with Crippen LogP contribution in [0.1, 0.15) is 35.5 Å². The van der Waals surface area contributed by atoms with Crippen LogP contribution in [0.2, 0.25) is 0 Å². The molecule has 2 N–H and O–H groups in total. The molecule has 39 heavy (non-hydrogen) atoms. The molecular formula is C28H23F4N5OS. The van der Waals surface area contributed by atoms with Crippen molar-refractivity contribution in [2.24, 2.45) is 0 Å². The molecule has 2 aromatic heterocycles. The van der Waals surface area contributed by atoms with Gasteiger partial charge < -0.3 is 20.1 Å². The van der Waals surface area contributed by atoms with E-state index in [0.717, 1.165) is 12.1 Å². The van der Waals surface area contributed by atoms with Crippen LogP contribution in [0.5, 0.6) is 0 Å². The Hall–Kier alpha value is -4.25. The number of hydrogen-bond acceptors (Lipinski definition) is 3. The molecule has 0 saturated carbocycles. The lowest BCUT2D eigenvalue weighted by Crippen LogP contribution is -2.33. The van der Waals surface area contributed by atoms with Crippen molar-refractivity contribution in [3.05, 3.63) is 114 Å². The number of rotatable bonds is 7. The molecule has 0 radical (unpaired) electrons. The van der Waals surface area contributed by atoms with Crippen LogP contribution >= 0.6 is 12.2 Å². The largest absolute Gasteiger partial charge is 0.416 e. The molecule has 1 fully saturated rings. The van der Waals surface area contributed by atoms with Gasteiger partial charge in [0.1, 0.15) is 5.82 Å². The number of thiocarbonyl (C=S) groups is 1. The first-order valence-corrected chi connectivity index (χ1v) is 12.5. The highest BCUT2D eigenvalue weighted by atomic mass is 32.1. The average molecular weight is 554 g/mol. The minimum atomic E-state index is -4.49. The summed E-state index contributed by atoms with van der Waals surface area (Å²) in [5.74, 6) is -0.702. The number of benzene rings is 2. The quantitative estimate of drug-likeness (QED) is 0.216. The van der Waals surface area contributed by atoms with Crippen LogP contribution in [-0.2, 0) is 11.0 Å². The minimum Gasteiger partial charge on any atom is -0.352 e. The number of aromatic nitrogens is 2. The van der Waals surface area contributed by atoms with Crippen molar-refractivity contribution in [3.8, 4) is 5.69 Å². The third kappa shape index (κ3) is 5.78. The molecule has 1 saturated heterocycles. The van der Waals surface area contributed by atoms with Gasteiger partial charge in [-0.05, 0) is 78.9 Å². The molecule has 0 aliphatic carbocycles. The lowest BCUT2D eigenvalue weighted by atomic mass is 10.0. The summed E-state index contributed by atoms with van der Waals surface area (Å²) in [7, 11) is 0. The maximum Gasteiger partial charge on any atom is 0.416 e. The summed E-state index contributed by atoms with van der Waals surface area (Å²) >= 11 is 5.65. The molecule has 11 heteroatoms. The Kier molecular flexibility index (Phi) is 7.34. The summed E-state index contributed by atoms with van der Waals surface area (Å²) in [6, 6.07) is 18.7. The standard InChI is InChI=1S/C28H23F4N5OS/c29-19-9-11-20(12-10-19)34-24(38)13-16-37-26(25(35-27(37)39)22-7-1-2-14-33-22)23-8-4-15-36(23)21-6-3-5-18(17-21)28(30,31)32/h1-12,14-15,17,25-26H,13,16H2,(H,34,38)(H,35,39)/t25-,26-/m0/s1. The zero-order valence-electron chi connectivity index (χ0n) is 20.4. The van der Waals surface area contributed by atoms with Gasteiger partial charge in [-0.15, -0.1) is 0 Å². The minimum absolute atomic E-state index is 0.0644. The summed E-state index contributed by atoms with van der Waals surface area (Å²) < 4.78 is 55.2. The predicted octanol–water partition coefficient (Wildman–Crippen LogP) is 6.03. The highest BCUT2D eigenvalue weighted by Gasteiger charge is 2.41. The van der Waals surface area contributed by atoms with E-state index in [1.54, 1.807) is 35.2 Å². The molecule has 3 heterocycles. The SMILES string of the molecule is O=C(CCN1C(=S)N[C@@H](c2ccccn2)[C@@H]1c1cccn1-c1cccc(C(F)(F)F)c1)Nc1ccc(F)cc1. The van der Waals surface area contributed by atoms with Crippen molar-refractivity contribution in [2.75, 3.05) is 11.9 Å². The van der Waals surface area contributed by atoms with Crippen molar-refractivity contribution in [1.29, 1.82) is 0 Å². The maximum atomic E-state index is 13.5. The molecule has 1 aliphatic heterocycles. The van der Waals surface area contributed by atoms with Gasteiger partial charge in [0, 0.05) is 42.4 Å². The molecule has 0 unspecified atom stereocenters. The molecule has 5 rings (SSSR count). The van der Waals surface area contributed by atoms with E-state index in [0.29, 0.717) is 27.9 Å². The van der Waals surface area contributed by atoms with Crippen LogP contribution in [0.3, 0.4) is 0 Å². The Morgan fingerprint density at radius 3 is 2.54 bits per heavy atom. The Balaban J connectivity index is 1.46. The molecule has 6 nitrogen and oxygen atoms in total. The smallest absolute Gasteiger partial charge is 0.352 e. The molecule has 4 aromatic rings. The number of carbonyl (C=O) groups is 1. The second kappa shape index (κ2) is 10.9. The lowest BCUT2D eigenvalue weighted by molar-refractivity contribution is -0.137. The number of halogens is 4. The molecule has 2 atom stereocenters. The normalized spacial score (nSPS) is 17.2. The molecule has 1 amide bonds. The lowest BCUT2D eigenvalue weighted by Gasteiger charge is -2.29.